The molecule has 0 radical (unpaired) electrons. The molecule has 2 aliphatic rings. The van der Waals surface area contributed by atoms with E-state index in [4.69, 9.17) is 4.74 Å². The highest BCUT2D eigenvalue weighted by atomic mass is 16.5. The van der Waals surface area contributed by atoms with E-state index >= 15 is 0 Å². The third-order valence-electron chi connectivity index (χ3n) is 6.01. The van der Waals surface area contributed by atoms with Gasteiger partial charge in [-0.05, 0) is 26.0 Å². The second-order valence-electron chi connectivity index (χ2n) is 7.84. The topological polar surface area (TPSA) is 91.4 Å². The molecule has 1 aromatic carbocycles. The average molecular weight is 397 g/mol. The Bertz CT molecular complexity index is 927. The predicted molar refractivity (Wildman–Crippen MR) is 107 cm³/mol. The lowest BCUT2D eigenvalue weighted by Crippen LogP contribution is -2.41. The first-order chi connectivity index (χ1) is 14.0. The van der Waals surface area contributed by atoms with Crippen molar-refractivity contribution in [3.8, 4) is 5.75 Å². The molecule has 2 amide bonds. The summed E-state index contributed by atoms with van der Waals surface area (Å²) >= 11 is 0. The monoisotopic (exact) mass is 397 g/mol. The number of para-hydroxylation sites is 1. The Hall–Kier alpha value is -2.90. The molecule has 8 heteroatoms. The van der Waals surface area contributed by atoms with Crippen LogP contribution >= 0.6 is 0 Å². The third kappa shape index (κ3) is 3.26. The maximum atomic E-state index is 13.3. The van der Waals surface area contributed by atoms with Crippen molar-refractivity contribution in [2.45, 2.75) is 32.6 Å². The van der Waals surface area contributed by atoms with Gasteiger partial charge < -0.3 is 14.5 Å². The lowest BCUT2D eigenvalue weighted by molar-refractivity contribution is -0.130. The Morgan fingerprint density at radius 1 is 1.21 bits per heavy atom. The Morgan fingerprint density at radius 3 is 2.62 bits per heavy atom. The molecule has 1 N–H and O–H groups in total. The molecular weight excluding hydrogens is 370 g/mol. The quantitative estimate of drug-likeness (QED) is 0.830. The van der Waals surface area contributed by atoms with Crippen LogP contribution in [0.1, 0.15) is 42.3 Å². The summed E-state index contributed by atoms with van der Waals surface area (Å²) in [6.07, 6.45) is 0.472. The number of aryl methyl sites for hydroxylation is 1. The third-order valence-corrected chi connectivity index (χ3v) is 6.01. The number of fused-ring (bicyclic) bond motifs is 1. The average Bonchev–Trinajstić information content (AvgIpc) is 3.40. The molecule has 4 rings (SSSR count). The molecule has 2 aliphatic heterocycles. The summed E-state index contributed by atoms with van der Waals surface area (Å²) in [5, 5.41) is 7.35. The summed E-state index contributed by atoms with van der Waals surface area (Å²) in [6, 6.07) is 7.34. The fourth-order valence-electron chi connectivity index (χ4n) is 4.61. The van der Waals surface area contributed by atoms with Gasteiger partial charge in [-0.15, -0.1) is 0 Å². The number of ether oxygens (including phenoxy) is 1. The Morgan fingerprint density at radius 2 is 1.93 bits per heavy atom. The van der Waals surface area contributed by atoms with Gasteiger partial charge in [-0.25, -0.2) is 4.98 Å². The molecular formula is C21H27N5O3. The summed E-state index contributed by atoms with van der Waals surface area (Å²) in [6.45, 7) is 8.36. The van der Waals surface area contributed by atoms with Gasteiger partial charge >= 0.3 is 0 Å². The van der Waals surface area contributed by atoms with Crippen LogP contribution in [-0.4, -0.2) is 69.6 Å². The van der Waals surface area contributed by atoms with Crippen LogP contribution in [0.25, 0.3) is 0 Å². The van der Waals surface area contributed by atoms with Crippen molar-refractivity contribution in [1.82, 2.24) is 25.0 Å². The Balaban J connectivity index is 1.64. The van der Waals surface area contributed by atoms with E-state index in [1.54, 1.807) is 6.07 Å². The zero-order chi connectivity index (χ0) is 20.6. The molecule has 2 fully saturated rings. The number of carbonyl (C=O) groups is 2. The van der Waals surface area contributed by atoms with Gasteiger partial charge in [0.15, 0.2) is 5.82 Å². The van der Waals surface area contributed by atoms with E-state index in [2.05, 4.69) is 15.2 Å². The normalized spacial score (nSPS) is 23.3. The molecule has 3 heterocycles. The van der Waals surface area contributed by atoms with Gasteiger partial charge in [0.05, 0.1) is 17.6 Å². The van der Waals surface area contributed by atoms with Gasteiger partial charge in [0.2, 0.25) is 5.91 Å². The number of amides is 2. The van der Waals surface area contributed by atoms with Gasteiger partial charge in [-0.2, -0.15) is 5.10 Å². The van der Waals surface area contributed by atoms with Gasteiger partial charge in [-0.1, -0.05) is 19.1 Å². The standard InChI is InChI=1S/C21H27N5O3/c1-4-18(27)25-10-15-11-26(13-21(15,12-25)20-22-14(3)23-24-20)19(28)16-8-6-7-9-17(16)29-5-2/h6-9,15H,4-5,10-13H2,1-3H3,(H,22,23,24)/t15-,21-/m0/s1. The molecule has 0 unspecified atom stereocenters. The van der Waals surface area contributed by atoms with Crippen molar-refractivity contribution in [2.75, 3.05) is 32.8 Å². The van der Waals surface area contributed by atoms with Crippen LogP contribution in [0.5, 0.6) is 5.75 Å². The van der Waals surface area contributed by atoms with E-state index in [9.17, 15) is 9.59 Å². The fraction of sp³-hybridized carbons (Fsp3) is 0.524. The van der Waals surface area contributed by atoms with E-state index in [0.717, 1.165) is 5.82 Å². The summed E-state index contributed by atoms with van der Waals surface area (Å²) in [4.78, 5) is 34.0. The number of nitrogens with one attached hydrogen (secondary N) is 1. The van der Waals surface area contributed by atoms with E-state index in [-0.39, 0.29) is 17.7 Å². The number of carbonyl (C=O) groups excluding carboxylic acids is 2. The van der Waals surface area contributed by atoms with Crippen molar-refractivity contribution in [2.24, 2.45) is 5.92 Å². The lowest BCUT2D eigenvalue weighted by Gasteiger charge is -2.27. The van der Waals surface area contributed by atoms with Crippen molar-refractivity contribution in [3.63, 3.8) is 0 Å². The number of aromatic nitrogens is 3. The van der Waals surface area contributed by atoms with E-state index < -0.39 is 5.41 Å². The van der Waals surface area contributed by atoms with Gasteiger partial charge in [0.1, 0.15) is 11.6 Å². The predicted octanol–water partition coefficient (Wildman–Crippen LogP) is 1.77. The summed E-state index contributed by atoms with van der Waals surface area (Å²) in [7, 11) is 0. The van der Waals surface area contributed by atoms with Crippen LogP contribution in [0.15, 0.2) is 24.3 Å². The number of aromatic amines is 1. The first-order valence-corrected chi connectivity index (χ1v) is 10.2. The smallest absolute Gasteiger partial charge is 0.257 e. The second kappa shape index (κ2) is 7.50. The maximum Gasteiger partial charge on any atom is 0.257 e. The van der Waals surface area contributed by atoms with Crippen molar-refractivity contribution in [3.05, 3.63) is 41.5 Å². The zero-order valence-corrected chi connectivity index (χ0v) is 17.1. The molecule has 8 nitrogen and oxygen atoms in total. The summed E-state index contributed by atoms with van der Waals surface area (Å²) < 4.78 is 5.66. The molecule has 29 heavy (non-hydrogen) atoms. The maximum absolute atomic E-state index is 13.3. The minimum absolute atomic E-state index is 0.0524. The Labute approximate surface area is 170 Å². The van der Waals surface area contributed by atoms with Gasteiger partial charge in [0.25, 0.3) is 5.91 Å². The first kappa shape index (κ1) is 19.4. The van der Waals surface area contributed by atoms with Crippen LogP contribution in [0, 0.1) is 12.8 Å². The molecule has 0 aliphatic carbocycles. The minimum atomic E-state index is -0.439. The minimum Gasteiger partial charge on any atom is -0.493 e. The van der Waals surface area contributed by atoms with Crippen LogP contribution in [0.4, 0.5) is 0 Å². The lowest BCUT2D eigenvalue weighted by atomic mass is 9.80. The van der Waals surface area contributed by atoms with Gasteiger partial charge in [0, 0.05) is 38.5 Å². The summed E-state index contributed by atoms with van der Waals surface area (Å²) in [5.74, 6) is 2.22. The number of hydrogen-bond acceptors (Lipinski definition) is 5. The second-order valence-corrected chi connectivity index (χ2v) is 7.84. The molecule has 154 valence electrons. The SMILES string of the molecule is CCOc1ccccc1C(=O)N1C[C@@H]2CN(C(=O)CC)C[C@]2(c2n[nH]c(C)n2)C1. The molecule has 2 saturated heterocycles. The number of benzene rings is 1. The molecule has 2 aromatic rings. The number of rotatable bonds is 5. The van der Waals surface area contributed by atoms with Gasteiger partial charge in [-0.3, -0.25) is 14.7 Å². The molecule has 2 atom stereocenters. The largest absolute Gasteiger partial charge is 0.493 e. The molecule has 0 saturated carbocycles. The number of nitrogens with zero attached hydrogens (tertiary/aromatic N) is 4. The van der Waals surface area contributed by atoms with Crippen molar-refractivity contribution >= 4 is 11.8 Å². The number of hydrogen-bond donors (Lipinski definition) is 1. The van der Waals surface area contributed by atoms with E-state index in [1.165, 1.54) is 0 Å². The number of likely N-dealkylation sites (tertiary alicyclic amines) is 2. The van der Waals surface area contributed by atoms with Crippen LogP contribution in [0.3, 0.4) is 0 Å². The van der Waals surface area contributed by atoms with Crippen molar-refractivity contribution in [1.29, 1.82) is 0 Å². The van der Waals surface area contributed by atoms with Crippen LogP contribution < -0.4 is 4.74 Å². The first-order valence-electron chi connectivity index (χ1n) is 10.2. The van der Waals surface area contributed by atoms with E-state index in [0.29, 0.717) is 56.3 Å². The highest BCUT2D eigenvalue weighted by molar-refractivity contribution is 5.97. The van der Waals surface area contributed by atoms with Crippen LogP contribution in [-0.2, 0) is 10.2 Å². The zero-order valence-electron chi connectivity index (χ0n) is 17.1. The molecule has 0 spiro atoms. The van der Waals surface area contributed by atoms with E-state index in [1.807, 2.05) is 48.8 Å². The molecule has 1 aromatic heterocycles. The molecule has 0 bridgehead atoms. The van der Waals surface area contributed by atoms with Crippen LogP contribution in [0.2, 0.25) is 0 Å². The highest BCUT2D eigenvalue weighted by Crippen LogP contribution is 2.44. The fourth-order valence-corrected chi connectivity index (χ4v) is 4.61. The number of H-pyrrole nitrogens is 1. The summed E-state index contributed by atoms with van der Waals surface area (Å²) in [5.41, 5.74) is 0.128. The van der Waals surface area contributed by atoms with Crippen molar-refractivity contribution < 1.29 is 14.3 Å². The Kier molecular flexibility index (Phi) is 5.02. The highest BCUT2D eigenvalue weighted by Gasteiger charge is 2.57.